The van der Waals surface area contributed by atoms with E-state index in [1.807, 2.05) is 6.92 Å². The van der Waals surface area contributed by atoms with E-state index in [4.69, 9.17) is 9.69 Å². The van der Waals surface area contributed by atoms with Crippen molar-refractivity contribution in [1.82, 2.24) is 0 Å². The fraction of sp³-hybridized carbons (Fsp3) is 0.857. The summed E-state index contributed by atoms with van der Waals surface area (Å²) in [7, 11) is -0.738. The molecule has 0 spiro atoms. The predicted molar refractivity (Wildman–Crippen MR) is 40.8 cm³/mol. The van der Waals surface area contributed by atoms with E-state index in [9.17, 15) is 0 Å². The van der Waals surface area contributed by atoms with E-state index in [1.165, 1.54) is 18.9 Å². The molecule has 55 valence electrons. The summed E-state index contributed by atoms with van der Waals surface area (Å²) in [6, 6.07) is 3.42. The van der Waals surface area contributed by atoms with Crippen molar-refractivity contribution in [3.05, 3.63) is 0 Å². The molecule has 1 atom stereocenters. The van der Waals surface area contributed by atoms with Crippen molar-refractivity contribution >= 4 is 9.04 Å². The average molecular weight is 154 g/mol. The van der Waals surface area contributed by atoms with Gasteiger partial charge in [-0.3, -0.25) is 0 Å². The number of rotatable bonds is 1. The summed E-state index contributed by atoms with van der Waals surface area (Å²) < 4.78 is 5.51. The Hall–Kier alpha value is -0.333. The first-order chi connectivity index (χ1) is 4.84. The van der Waals surface area contributed by atoms with Gasteiger partial charge in [-0.2, -0.15) is 5.26 Å². The molecule has 1 heterocycles. The highest BCUT2D eigenvalue weighted by molar-refractivity contribution is 6.54. The first kappa shape index (κ1) is 7.77. The Morgan fingerprint density at radius 3 is 2.90 bits per heavy atom. The third-order valence-electron chi connectivity index (χ3n) is 1.78. The Bertz CT molecular complexity index is 137. The lowest BCUT2D eigenvalue weighted by Gasteiger charge is -2.21. The van der Waals surface area contributed by atoms with Crippen LogP contribution in [0.25, 0.3) is 0 Å². The SMILES string of the molecule is CC(C#N)[Si]1CCCCO1. The quantitative estimate of drug-likeness (QED) is 0.539. The van der Waals surface area contributed by atoms with Crippen molar-refractivity contribution < 1.29 is 4.43 Å². The molecule has 1 radical (unpaired) electrons. The van der Waals surface area contributed by atoms with Crippen LogP contribution in [0.2, 0.25) is 11.6 Å². The predicted octanol–water partition coefficient (Wildman–Crippen LogP) is 1.70. The van der Waals surface area contributed by atoms with Crippen LogP contribution in [-0.2, 0) is 4.43 Å². The molecule has 2 nitrogen and oxygen atoms in total. The molecule has 1 aliphatic heterocycles. The van der Waals surface area contributed by atoms with Gasteiger partial charge in [0.25, 0.3) is 0 Å². The zero-order valence-electron chi connectivity index (χ0n) is 6.26. The van der Waals surface area contributed by atoms with Crippen molar-refractivity contribution in [2.45, 2.75) is 31.4 Å². The van der Waals surface area contributed by atoms with Gasteiger partial charge in [-0.05, 0) is 19.4 Å². The van der Waals surface area contributed by atoms with E-state index in [1.54, 1.807) is 0 Å². The molecule has 0 bridgehead atoms. The first-order valence-electron chi connectivity index (χ1n) is 3.72. The maximum atomic E-state index is 8.58. The number of nitrogens with zero attached hydrogens (tertiary/aromatic N) is 1. The summed E-state index contributed by atoms with van der Waals surface area (Å²) in [4.78, 5) is 0. The maximum Gasteiger partial charge on any atom is 0.228 e. The van der Waals surface area contributed by atoms with Crippen LogP contribution in [0, 0.1) is 11.3 Å². The lowest BCUT2D eigenvalue weighted by atomic mass is 10.4. The van der Waals surface area contributed by atoms with E-state index in [0.29, 0.717) is 0 Å². The average Bonchev–Trinajstić information content (AvgIpc) is 2.05. The van der Waals surface area contributed by atoms with Gasteiger partial charge in [-0.25, -0.2) is 0 Å². The largest absolute Gasteiger partial charge is 0.415 e. The molecule has 0 aromatic carbocycles. The molecule has 0 aromatic rings. The zero-order chi connectivity index (χ0) is 7.40. The van der Waals surface area contributed by atoms with E-state index in [0.717, 1.165) is 6.61 Å². The smallest absolute Gasteiger partial charge is 0.228 e. The molecule has 0 aliphatic carbocycles. The third-order valence-corrected chi connectivity index (χ3v) is 4.30. The Kier molecular flexibility index (Phi) is 2.91. The van der Waals surface area contributed by atoms with Crippen LogP contribution in [0.15, 0.2) is 0 Å². The van der Waals surface area contributed by atoms with Crippen LogP contribution < -0.4 is 0 Å². The third kappa shape index (κ3) is 1.82. The van der Waals surface area contributed by atoms with Crippen LogP contribution in [0.1, 0.15) is 19.8 Å². The summed E-state index contributed by atoms with van der Waals surface area (Å²) in [6.45, 7) is 2.86. The summed E-state index contributed by atoms with van der Waals surface area (Å²) in [6.07, 6.45) is 2.45. The van der Waals surface area contributed by atoms with Crippen molar-refractivity contribution in [3.8, 4) is 6.07 Å². The molecule has 0 amide bonds. The normalized spacial score (nSPS) is 23.6. The summed E-state index contributed by atoms with van der Waals surface area (Å²) in [5.41, 5.74) is 0.172. The van der Waals surface area contributed by atoms with Gasteiger partial charge in [0.2, 0.25) is 9.04 Å². The Balaban J connectivity index is 2.33. The molecule has 1 unspecified atom stereocenters. The fourth-order valence-electron chi connectivity index (χ4n) is 1.09. The molecule has 1 fully saturated rings. The summed E-state index contributed by atoms with van der Waals surface area (Å²) in [5.74, 6) is 0. The van der Waals surface area contributed by atoms with Crippen LogP contribution in [0.4, 0.5) is 0 Å². The second-order valence-corrected chi connectivity index (χ2v) is 5.21. The molecule has 0 aromatic heterocycles. The van der Waals surface area contributed by atoms with Crippen molar-refractivity contribution in [1.29, 1.82) is 5.26 Å². The minimum atomic E-state index is -0.738. The van der Waals surface area contributed by atoms with E-state index < -0.39 is 9.04 Å². The molecule has 1 aliphatic rings. The van der Waals surface area contributed by atoms with Crippen molar-refractivity contribution in [2.75, 3.05) is 6.61 Å². The molecule has 0 saturated carbocycles. The van der Waals surface area contributed by atoms with Crippen molar-refractivity contribution in [2.24, 2.45) is 0 Å². The molecule has 10 heavy (non-hydrogen) atoms. The Labute approximate surface area is 63.5 Å². The van der Waals surface area contributed by atoms with E-state index in [2.05, 4.69) is 6.07 Å². The maximum absolute atomic E-state index is 8.58. The first-order valence-corrected chi connectivity index (χ1v) is 5.42. The van der Waals surface area contributed by atoms with Gasteiger partial charge in [-0.15, -0.1) is 0 Å². The summed E-state index contributed by atoms with van der Waals surface area (Å²) >= 11 is 0. The van der Waals surface area contributed by atoms with E-state index >= 15 is 0 Å². The van der Waals surface area contributed by atoms with Crippen LogP contribution >= 0.6 is 0 Å². The molecule has 3 heteroatoms. The topological polar surface area (TPSA) is 33.0 Å². The van der Waals surface area contributed by atoms with E-state index in [-0.39, 0.29) is 5.54 Å². The molecular formula is C7H12NOSi. The Morgan fingerprint density at radius 1 is 1.60 bits per heavy atom. The molecular weight excluding hydrogens is 142 g/mol. The highest BCUT2D eigenvalue weighted by Crippen LogP contribution is 2.20. The number of hydrogen-bond donors (Lipinski definition) is 0. The lowest BCUT2D eigenvalue weighted by Crippen LogP contribution is -2.26. The van der Waals surface area contributed by atoms with Gasteiger partial charge >= 0.3 is 0 Å². The molecule has 1 saturated heterocycles. The van der Waals surface area contributed by atoms with Gasteiger partial charge in [0.1, 0.15) is 0 Å². The standard InChI is InChI=1S/C7H12NOSi/c1-7(6-8)10-5-3-2-4-9-10/h7H,2-5H2,1H3. The Morgan fingerprint density at radius 2 is 2.40 bits per heavy atom. The van der Waals surface area contributed by atoms with Crippen LogP contribution in [0.3, 0.4) is 0 Å². The second kappa shape index (κ2) is 3.74. The van der Waals surface area contributed by atoms with Gasteiger partial charge in [0, 0.05) is 6.61 Å². The summed E-state index contributed by atoms with van der Waals surface area (Å²) in [5, 5.41) is 8.58. The van der Waals surface area contributed by atoms with Crippen molar-refractivity contribution in [3.63, 3.8) is 0 Å². The second-order valence-electron chi connectivity index (χ2n) is 2.62. The van der Waals surface area contributed by atoms with Gasteiger partial charge < -0.3 is 4.43 Å². The highest BCUT2D eigenvalue weighted by atomic mass is 28.3. The van der Waals surface area contributed by atoms with Gasteiger partial charge in [-0.1, -0.05) is 6.42 Å². The fourth-order valence-corrected chi connectivity index (χ4v) is 3.07. The lowest BCUT2D eigenvalue weighted by molar-refractivity contribution is 0.284. The van der Waals surface area contributed by atoms with Gasteiger partial charge in [0.15, 0.2) is 0 Å². The van der Waals surface area contributed by atoms with Gasteiger partial charge in [0.05, 0.1) is 11.6 Å². The molecule has 0 N–H and O–H groups in total. The number of hydrogen-bond acceptors (Lipinski definition) is 2. The molecule has 1 rings (SSSR count). The minimum Gasteiger partial charge on any atom is -0.415 e. The zero-order valence-corrected chi connectivity index (χ0v) is 7.26. The number of nitriles is 1. The van der Waals surface area contributed by atoms with Crippen LogP contribution in [0.5, 0.6) is 0 Å². The van der Waals surface area contributed by atoms with Crippen LogP contribution in [-0.4, -0.2) is 15.6 Å². The monoisotopic (exact) mass is 154 g/mol. The minimum absolute atomic E-state index is 0.172. The highest BCUT2D eigenvalue weighted by Gasteiger charge is 2.23.